The van der Waals surface area contributed by atoms with Gasteiger partial charge in [-0.2, -0.15) is 0 Å². The van der Waals surface area contributed by atoms with E-state index < -0.39 is 0 Å². The Morgan fingerprint density at radius 1 is 1.10 bits per heavy atom. The van der Waals surface area contributed by atoms with Gasteiger partial charge in [0.05, 0.1) is 18.2 Å². The molecule has 1 aliphatic carbocycles. The summed E-state index contributed by atoms with van der Waals surface area (Å²) in [5.41, 5.74) is 1.90. The number of methoxy groups -OCH3 is 1. The summed E-state index contributed by atoms with van der Waals surface area (Å²) in [6.07, 6.45) is 10.1. The van der Waals surface area contributed by atoms with Gasteiger partial charge in [0.2, 0.25) is 0 Å². The summed E-state index contributed by atoms with van der Waals surface area (Å²) in [6, 6.07) is 6.08. The maximum absolute atomic E-state index is 13.4. The number of para-hydroxylation sites is 1. The molecule has 0 unspecified atom stereocenters. The smallest absolute Gasteiger partial charge is 0.256 e. The third-order valence-electron chi connectivity index (χ3n) is 6.92. The van der Waals surface area contributed by atoms with Crippen molar-refractivity contribution in [3.8, 4) is 5.75 Å². The Morgan fingerprint density at radius 3 is 2.55 bits per heavy atom. The number of amides is 1. The molecule has 2 aromatic rings. The lowest BCUT2D eigenvalue weighted by atomic mass is 9.87. The molecule has 1 aromatic carbocycles. The lowest BCUT2D eigenvalue weighted by Gasteiger charge is -2.34. The van der Waals surface area contributed by atoms with Crippen LogP contribution in [0.4, 0.5) is 0 Å². The molecule has 0 spiro atoms. The van der Waals surface area contributed by atoms with Gasteiger partial charge in [0.25, 0.3) is 5.91 Å². The number of ether oxygens (including phenoxy) is 1. The molecular weight excluding hydrogens is 362 g/mol. The Morgan fingerprint density at radius 2 is 1.86 bits per heavy atom. The molecular formula is C24H35N3O2. The third-order valence-corrected chi connectivity index (χ3v) is 6.92. The minimum Gasteiger partial charge on any atom is -0.495 e. The van der Waals surface area contributed by atoms with Gasteiger partial charge in [-0.1, -0.05) is 51.2 Å². The van der Waals surface area contributed by atoms with E-state index in [1.807, 2.05) is 17.0 Å². The van der Waals surface area contributed by atoms with Crippen LogP contribution in [0, 0.1) is 5.92 Å². The van der Waals surface area contributed by atoms with Crippen LogP contribution in [-0.4, -0.2) is 60.1 Å². The Kier molecular flexibility index (Phi) is 6.43. The van der Waals surface area contributed by atoms with Gasteiger partial charge in [0.1, 0.15) is 5.75 Å². The molecule has 1 saturated heterocycles. The molecule has 29 heavy (non-hydrogen) atoms. The van der Waals surface area contributed by atoms with Crippen LogP contribution in [0.2, 0.25) is 0 Å². The van der Waals surface area contributed by atoms with Crippen LogP contribution >= 0.6 is 0 Å². The monoisotopic (exact) mass is 397 g/mol. The number of fused-ring (bicyclic) bond motifs is 1. The number of piperazine rings is 1. The predicted octanol–water partition coefficient (Wildman–Crippen LogP) is 4.40. The number of hydrogen-bond donors (Lipinski definition) is 0. The number of likely N-dealkylation sites (N-methyl/N-ethyl adjacent to an activating group) is 1. The van der Waals surface area contributed by atoms with Crippen LogP contribution in [0.1, 0.15) is 55.8 Å². The number of aromatic nitrogens is 1. The molecule has 0 radical (unpaired) electrons. The first kappa shape index (κ1) is 20.3. The number of hydrogen-bond acceptors (Lipinski definition) is 3. The lowest BCUT2D eigenvalue weighted by Crippen LogP contribution is -2.48. The summed E-state index contributed by atoms with van der Waals surface area (Å²) in [5, 5.41) is 1.02. The van der Waals surface area contributed by atoms with Crippen molar-refractivity contribution in [3.63, 3.8) is 0 Å². The highest BCUT2D eigenvalue weighted by molar-refractivity contribution is 6.08. The highest BCUT2D eigenvalue weighted by Gasteiger charge is 2.25. The Balaban J connectivity index is 1.59. The van der Waals surface area contributed by atoms with Crippen LogP contribution in [0.15, 0.2) is 24.4 Å². The molecule has 4 rings (SSSR count). The number of benzene rings is 1. The third kappa shape index (κ3) is 4.30. The van der Waals surface area contributed by atoms with Gasteiger partial charge in [-0.15, -0.1) is 0 Å². The fourth-order valence-corrected chi connectivity index (χ4v) is 5.07. The zero-order valence-corrected chi connectivity index (χ0v) is 18.0. The van der Waals surface area contributed by atoms with Crippen LogP contribution < -0.4 is 4.74 Å². The lowest BCUT2D eigenvalue weighted by molar-refractivity contribution is 0.0645. The van der Waals surface area contributed by atoms with Crippen molar-refractivity contribution in [2.24, 2.45) is 5.92 Å². The molecule has 2 fully saturated rings. The Hall–Kier alpha value is -2.01. The number of aryl methyl sites for hydroxylation is 1. The second-order valence-corrected chi connectivity index (χ2v) is 8.61. The van der Waals surface area contributed by atoms with E-state index in [4.69, 9.17) is 4.74 Å². The van der Waals surface area contributed by atoms with E-state index in [1.54, 1.807) is 7.11 Å². The second-order valence-electron chi connectivity index (χ2n) is 8.61. The van der Waals surface area contributed by atoms with Gasteiger partial charge < -0.3 is 19.1 Å². The molecule has 2 heterocycles. The van der Waals surface area contributed by atoms with Crippen molar-refractivity contribution in [2.75, 3.05) is 39.8 Å². The molecule has 5 heteroatoms. The average molecular weight is 398 g/mol. The fraction of sp³-hybridized carbons (Fsp3) is 0.625. The first-order valence-electron chi connectivity index (χ1n) is 11.4. The van der Waals surface area contributed by atoms with E-state index in [0.29, 0.717) is 0 Å². The molecule has 2 aliphatic rings. The molecule has 1 amide bonds. The SMILES string of the molecule is CCN1CCN(C(=O)c2cn(CCC3CCCCC3)c3c(OC)cccc23)CC1. The summed E-state index contributed by atoms with van der Waals surface area (Å²) in [5.74, 6) is 1.84. The molecule has 158 valence electrons. The van der Waals surface area contributed by atoms with Crippen molar-refractivity contribution in [2.45, 2.75) is 52.0 Å². The van der Waals surface area contributed by atoms with Crippen LogP contribution in [0.3, 0.4) is 0 Å². The number of rotatable bonds is 6. The maximum atomic E-state index is 13.4. The Bertz CT molecular complexity index is 830. The zero-order chi connectivity index (χ0) is 20.2. The van der Waals surface area contributed by atoms with Gasteiger partial charge in [0.15, 0.2) is 0 Å². The quantitative estimate of drug-likeness (QED) is 0.725. The van der Waals surface area contributed by atoms with Gasteiger partial charge >= 0.3 is 0 Å². The molecule has 0 atom stereocenters. The zero-order valence-electron chi connectivity index (χ0n) is 18.0. The molecule has 1 saturated carbocycles. The van der Waals surface area contributed by atoms with Crippen LogP contribution in [0.25, 0.3) is 10.9 Å². The summed E-state index contributed by atoms with van der Waals surface area (Å²) in [4.78, 5) is 17.8. The molecule has 0 N–H and O–H groups in total. The average Bonchev–Trinajstić information content (AvgIpc) is 3.17. The van der Waals surface area contributed by atoms with Crippen LogP contribution in [-0.2, 0) is 6.54 Å². The highest BCUT2D eigenvalue weighted by Crippen LogP contribution is 2.33. The normalized spacial score (nSPS) is 19.0. The predicted molar refractivity (Wildman–Crippen MR) is 118 cm³/mol. The topological polar surface area (TPSA) is 37.7 Å². The van der Waals surface area contributed by atoms with Crippen LogP contribution in [0.5, 0.6) is 5.75 Å². The van der Waals surface area contributed by atoms with Crippen molar-refractivity contribution >= 4 is 16.8 Å². The highest BCUT2D eigenvalue weighted by atomic mass is 16.5. The van der Waals surface area contributed by atoms with E-state index in [1.165, 1.54) is 38.5 Å². The minimum absolute atomic E-state index is 0.162. The van der Waals surface area contributed by atoms with Gasteiger partial charge in [0, 0.05) is 44.3 Å². The first-order valence-corrected chi connectivity index (χ1v) is 11.4. The van der Waals surface area contributed by atoms with Crippen molar-refractivity contribution in [1.29, 1.82) is 0 Å². The van der Waals surface area contributed by atoms with Gasteiger partial charge in [-0.3, -0.25) is 4.79 Å². The molecule has 0 bridgehead atoms. The number of carbonyl (C=O) groups is 1. The van der Waals surface area contributed by atoms with Gasteiger partial charge in [-0.05, 0) is 24.9 Å². The fourth-order valence-electron chi connectivity index (χ4n) is 5.07. The largest absolute Gasteiger partial charge is 0.495 e. The van der Waals surface area contributed by atoms with E-state index in [-0.39, 0.29) is 5.91 Å². The summed E-state index contributed by atoms with van der Waals surface area (Å²) in [6.45, 7) is 7.75. The minimum atomic E-state index is 0.162. The second kappa shape index (κ2) is 9.21. The van der Waals surface area contributed by atoms with E-state index >= 15 is 0 Å². The van der Waals surface area contributed by atoms with E-state index in [9.17, 15) is 4.79 Å². The maximum Gasteiger partial charge on any atom is 0.256 e. The van der Waals surface area contributed by atoms with Gasteiger partial charge in [-0.25, -0.2) is 0 Å². The Labute approximate surface area is 174 Å². The summed E-state index contributed by atoms with van der Waals surface area (Å²) < 4.78 is 7.95. The molecule has 1 aliphatic heterocycles. The van der Waals surface area contributed by atoms with E-state index in [2.05, 4.69) is 28.7 Å². The first-order chi connectivity index (χ1) is 14.2. The summed E-state index contributed by atoms with van der Waals surface area (Å²) in [7, 11) is 1.72. The molecule has 5 nitrogen and oxygen atoms in total. The number of nitrogens with zero attached hydrogens (tertiary/aromatic N) is 3. The standard InChI is InChI=1S/C24H35N3O2/c1-3-25-14-16-26(17-15-25)24(28)21-18-27(13-12-19-8-5-4-6-9-19)23-20(21)10-7-11-22(23)29-2/h7,10-11,18-19H,3-6,8-9,12-17H2,1-2H3. The van der Waals surface area contributed by atoms with Crippen molar-refractivity contribution < 1.29 is 9.53 Å². The number of carbonyl (C=O) groups excluding carboxylic acids is 1. The van der Waals surface area contributed by atoms with Crippen molar-refractivity contribution in [3.05, 3.63) is 30.0 Å². The molecule has 1 aromatic heterocycles. The van der Waals surface area contributed by atoms with Crippen molar-refractivity contribution in [1.82, 2.24) is 14.4 Å². The van der Waals surface area contributed by atoms with E-state index in [0.717, 1.165) is 67.4 Å². The summed E-state index contributed by atoms with van der Waals surface area (Å²) >= 11 is 0.